The second-order valence-corrected chi connectivity index (χ2v) is 3.69. The third kappa shape index (κ3) is 3.77. The van der Waals surface area contributed by atoms with Gasteiger partial charge in [-0.05, 0) is 34.8 Å². The van der Waals surface area contributed by atoms with Gasteiger partial charge in [0.25, 0.3) is 0 Å². The van der Waals surface area contributed by atoms with Gasteiger partial charge in [-0.1, -0.05) is 19.1 Å². The molecule has 0 saturated heterocycles. The second kappa shape index (κ2) is 7.46. The van der Waals surface area contributed by atoms with Gasteiger partial charge in [0.2, 0.25) is 0 Å². The molecule has 0 amide bonds. The maximum absolute atomic E-state index is 11.4. The molecule has 7 heteroatoms. The van der Waals surface area contributed by atoms with Gasteiger partial charge in [-0.2, -0.15) is 5.26 Å². The molecule has 0 saturated carbocycles. The minimum Gasteiger partial charge on any atom is -0.465 e. The summed E-state index contributed by atoms with van der Waals surface area (Å²) in [5.41, 5.74) is 9.87. The molecular weight excluding hydrogens is 258 g/mol. The van der Waals surface area contributed by atoms with Crippen LogP contribution in [0.15, 0.2) is 40.8 Å². The highest BCUT2D eigenvalue weighted by Gasteiger charge is 2.15. The van der Waals surface area contributed by atoms with E-state index in [2.05, 4.69) is 20.1 Å². The Bertz CT molecular complexity index is 607. The molecule has 1 N–H and O–H groups in total. The van der Waals surface area contributed by atoms with Crippen LogP contribution in [0.3, 0.4) is 0 Å². The van der Waals surface area contributed by atoms with Crippen LogP contribution in [0.25, 0.3) is 10.4 Å². The number of nitrogens with zero attached hydrogens (tertiary/aromatic N) is 4. The zero-order valence-electron chi connectivity index (χ0n) is 11.1. The monoisotopic (exact) mass is 271 g/mol. The summed E-state index contributed by atoms with van der Waals surface area (Å²) in [6, 6.07) is 8.96. The number of rotatable bonds is 5. The molecule has 0 aliphatic rings. The van der Waals surface area contributed by atoms with Crippen molar-refractivity contribution in [3.63, 3.8) is 0 Å². The van der Waals surface area contributed by atoms with Gasteiger partial charge in [-0.15, -0.1) is 0 Å². The predicted octanol–water partition coefficient (Wildman–Crippen LogP) is 2.88. The van der Waals surface area contributed by atoms with Crippen molar-refractivity contribution in [3.05, 3.63) is 51.7 Å². The molecule has 1 rings (SSSR count). The van der Waals surface area contributed by atoms with Crippen LogP contribution in [0.1, 0.15) is 12.5 Å². The van der Waals surface area contributed by atoms with Crippen molar-refractivity contribution >= 4 is 11.7 Å². The van der Waals surface area contributed by atoms with E-state index < -0.39 is 5.97 Å². The fourth-order valence-electron chi connectivity index (χ4n) is 1.44. The van der Waals surface area contributed by atoms with Crippen molar-refractivity contribution in [1.82, 2.24) is 0 Å². The number of anilines is 1. The lowest BCUT2D eigenvalue weighted by atomic mass is 10.1. The summed E-state index contributed by atoms with van der Waals surface area (Å²) in [6.45, 7) is 2.03. The first kappa shape index (κ1) is 15.1. The summed E-state index contributed by atoms with van der Waals surface area (Å²) in [5, 5.41) is 15.0. The van der Waals surface area contributed by atoms with Gasteiger partial charge < -0.3 is 10.1 Å². The molecule has 0 radical (unpaired) electrons. The van der Waals surface area contributed by atoms with E-state index in [1.165, 1.54) is 0 Å². The molecule has 0 aromatic heterocycles. The van der Waals surface area contributed by atoms with Gasteiger partial charge in [-0.3, -0.25) is 0 Å². The van der Waals surface area contributed by atoms with Crippen LogP contribution in [-0.2, 0) is 16.0 Å². The van der Waals surface area contributed by atoms with Crippen LogP contribution in [-0.4, -0.2) is 13.1 Å². The van der Waals surface area contributed by atoms with Crippen molar-refractivity contribution in [3.8, 4) is 6.07 Å². The number of aryl methyl sites for hydroxylation is 1. The van der Waals surface area contributed by atoms with E-state index in [4.69, 9.17) is 10.8 Å². The van der Waals surface area contributed by atoms with E-state index in [9.17, 15) is 4.79 Å². The number of methoxy groups -OCH3 is 1. The Morgan fingerprint density at radius 3 is 2.60 bits per heavy atom. The highest BCUT2D eigenvalue weighted by molar-refractivity contribution is 5.94. The van der Waals surface area contributed by atoms with E-state index in [1.54, 1.807) is 18.2 Å². The molecule has 0 aliphatic heterocycles. The first-order chi connectivity index (χ1) is 9.65. The number of ether oxygens (including phenoxy) is 1. The van der Waals surface area contributed by atoms with Gasteiger partial charge >= 0.3 is 5.97 Å². The quantitative estimate of drug-likeness (QED) is 0.221. The van der Waals surface area contributed by atoms with Crippen molar-refractivity contribution in [2.45, 2.75) is 13.3 Å². The van der Waals surface area contributed by atoms with Gasteiger partial charge in [0, 0.05) is 10.6 Å². The zero-order chi connectivity index (χ0) is 15.0. The largest absolute Gasteiger partial charge is 0.465 e. The number of carbonyl (C=O) groups is 1. The third-order valence-corrected chi connectivity index (χ3v) is 2.51. The first-order valence-electron chi connectivity index (χ1n) is 5.80. The molecule has 0 fully saturated rings. The number of benzene rings is 1. The van der Waals surface area contributed by atoms with Gasteiger partial charge in [0.1, 0.15) is 11.9 Å². The van der Waals surface area contributed by atoms with Crippen molar-refractivity contribution in [2.24, 2.45) is 5.11 Å². The average molecular weight is 271 g/mol. The molecule has 102 valence electrons. The van der Waals surface area contributed by atoms with Gasteiger partial charge in [0.15, 0.2) is 5.57 Å². The lowest BCUT2D eigenvalue weighted by Gasteiger charge is -2.08. The fourth-order valence-corrected chi connectivity index (χ4v) is 1.44. The number of hydrogen-bond donors (Lipinski definition) is 1. The maximum Gasteiger partial charge on any atom is 0.350 e. The highest BCUT2D eigenvalue weighted by Crippen LogP contribution is 2.16. The number of carbonyl (C=O) groups excluding carboxylic acids is 1. The Balaban J connectivity index is 3.14. The zero-order valence-corrected chi connectivity index (χ0v) is 11.1. The molecule has 0 unspecified atom stereocenters. The molecule has 20 heavy (non-hydrogen) atoms. The molecule has 1 aromatic carbocycles. The fraction of sp³-hybridized carbons (Fsp3) is 0.231. The van der Waals surface area contributed by atoms with Crippen molar-refractivity contribution < 1.29 is 9.53 Å². The lowest BCUT2D eigenvalue weighted by molar-refractivity contribution is -0.135. The van der Waals surface area contributed by atoms with Crippen LogP contribution in [0.2, 0.25) is 0 Å². The van der Waals surface area contributed by atoms with Crippen molar-refractivity contribution in [1.29, 1.82) is 5.26 Å². The molecule has 0 bridgehead atoms. The molecule has 1 aromatic rings. The smallest absolute Gasteiger partial charge is 0.350 e. The second-order valence-electron chi connectivity index (χ2n) is 3.69. The summed E-state index contributed by atoms with van der Waals surface area (Å²) in [5.74, 6) is -1.06. The lowest BCUT2D eigenvalue weighted by Crippen LogP contribution is -2.10. The minimum absolute atomic E-state index is 0.189. The maximum atomic E-state index is 11.4. The predicted molar refractivity (Wildman–Crippen MR) is 73.2 cm³/mol. The Morgan fingerprint density at radius 2 is 2.15 bits per heavy atom. The molecule has 0 spiro atoms. The summed E-state index contributed by atoms with van der Waals surface area (Å²) in [7, 11) is 1.14. The molecule has 7 nitrogen and oxygen atoms in total. The Hall–Kier alpha value is -2.97. The number of nitrogens with one attached hydrogen (secondary N) is 1. The molecule has 0 heterocycles. The van der Waals surface area contributed by atoms with Crippen LogP contribution in [0.5, 0.6) is 0 Å². The summed E-state index contributed by atoms with van der Waals surface area (Å²) < 4.78 is 4.46. The first-order valence-corrected chi connectivity index (χ1v) is 5.80. The topological polar surface area (TPSA) is 111 Å². The highest BCUT2D eigenvalue weighted by atomic mass is 16.5. The molecular formula is C13H13N5O2. The van der Waals surface area contributed by atoms with Crippen molar-refractivity contribution in [2.75, 3.05) is 12.4 Å². The summed E-state index contributed by atoms with van der Waals surface area (Å²) in [6.07, 6.45) is 0.894. The van der Waals surface area contributed by atoms with E-state index >= 15 is 0 Å². The standard InChI is InChI=1S/C13H13N5O2/c1-3-9-4-6-10(7-5-9)16-12(17-18-15)11(8-14)13(19)20-2/h4-7,16H,3H2,1-2H3/b12-11+. The van der Waals surface area contributed by atoms with Gasteiger partial charge in [0.05, 0.1) is 7.11 Å². The average Bonchev–Trinajstić information content (AvgIpc) is 2.48. The third-order valence-electron chi connectivity index (χ3n) is 2.51. The number of hydrogen-bond acceptors (Lipinski definition) is 5. The van der Waals surface area contributed by atoms with E-state index in [-0.39, 0.29) is 11.4 Å². The summed E-state index contributed by atoms with van der Waals surface area (Å²) >= 11 is 0. The molecule has 0 aliphatic carbocycles. The normalized spacial score (nSPS) is 10.7. The number of esters is 1. The minimum atomic E-state index is -0.868. The summed E-state index contributed by atoms with van der Waals surface area (Å²) in [4.78, 5) is 14.0. The van der Waals surface area contributed by atoms with E-state index in [0.29, 0.717) is 5.69 Å². The number of azide groups is 1. The van der Waals surface area contributed by atoms with Gasteiger partial charge in [-0.25, -0.2) is 4.79 Å². The Kier molecular flexibility index (Phi) is 5.63. The molecule has 0 atom stereocenters. The van der Waals surface area contributed by atoms with E-state index in [0.717, 1.165) is 19.1 Å². The van der Waals surface area contributed by atoms with E-state index in [1.807, 2.05) is 19.1 Å². The number of nitriles is 1. The van der Waals surface area contributed by atoms with Crippen LogP contribution >= 0.6 is 0 Å². The van der Waals surface area contributed by atoms with Crippen LogP contribution in [0.4, 0.5) is 5.69 Å². The van der Waals surface area contributed by atoms with Crippen LogP contribution in [0, 0.1) is 11.3 Å². The van der Waals surface area contributed by atoms with Crippen LogP contribution < -0.4 is 5.32 Å². The SMILES string of the molecule is CCc1ccc(N/C(N=[N+]=[N-])=C(/C#N)C(=O)OC)cc1. The Morgan fingerprint density at radius 1 is 1.50 bits per heavy atom. The Labute approximate surface area is 116 Å².